The van der Waals surface area contributed by atoms with Crippen molar-refractivity contribution in [2.45, 2.75) is 32.8 Å². The highest BCUT2D eigenvalue weighted by Gasteiger charge is 2.25. The lowest BCUT2D eigenvalue weighted by Crippen LogP contribution is -2.48. The van der Waals surface area contributed by atoms with Crippen LogP contribution in [0.4, 0.5) is 0 Å². The summed E-state index contributed by atoms with van der Waals surface area (Å²) in [7, 11) is 1.94. The van der Waals surface area contributed by atoms with E-state index in [9.17, 15) is 0 Å². The van der Waals surface area contributed by atoms with Gasteiger partial charge in [0.05, 0.1) is 19.3 Å². The summed E-state index contributed by atoms with van der Waals surface area (Å²) in [6, 6.07) is 0. The molecular weight excluding hydrogens is 328 g/mol. The van der Waals surface area contributed by atoms with E-state index in [2.05, 4.69) is 34.1 Å². The predicted octanol–water partition coefficient (Wildman–Crippen LogP) is 1.49. The molecule has 2 fully saturated rings. The molecule has 26 heavy (non-hydrogen) atoms. The first-order chi connectivity index (χ1) is 12.7. The van der Waals surface area contributed by atoms with Crippen molar-refractivity contribution in [2.75, 3.05) is 52.4 Å². The minimum Gasteiger partial charge on any atom is -0.370 e. The summed E-state index contributed by atoms with van der Waals surface area (Å²) in [5.74, 6) is 1.70. The van der Waals surface area contributed by atoms with E-state index in [1.807, 2.05) is 24.1 Å². The van der Waals surface area contributed by atoms with Crippen molar-refractivity contribution in [2.24, 2.45) is 18.0 Å². The normalized spacial score (nSPS) is 25.5. The molecule has 0 amide bonds. The first-order valence-electron chi connectivity index (χ1n) is 10.0. The minimum atomic E-state index is 0.0616. The van der Waals surface area contributed by atoms with Crippen molar-refractivity contribution < 1.29 is 4.74 Å². The van der Waals surface area contributed by atoms with Gasteiger partial charge in [-0.15, -0.1) is 0 Å². The Balaban J connectivity index is 1.62. The molecule has 1 aromatic heterocycles. The second-order valence-electron chi connectivity index (χ2n) is 7.35. The quantitative estimate of drug-likeness (QED) is 0.635. The Labute approximate surface area is 157 Å². The molecule has 146 valence electrons. The number of likely N-dealkylation sites (tertiary alicyclic amines) is 1. The van der Waals surface area contributed by atoms with Crippen LogP contribution in [0, 0.1) is 5.92 Å². The van der Waals surface area contributed by atoms with Crippen LogP contribution in [-0.2, 0) is 11.8 Å². The van der Waals surface area contributed by atoms with Crippen molar-refractivity contribution in [3.05, 3.63) is 18.0 Å². The lowest BCUT2D eigenvalue weighted by Gasteiger charge is -2.35. The average molecular weight is 363 g/mol. The predicted molar refractivity (Wildman–Crippen MR) is 104 cm³/mol. The highest BCUT2D eigenvalue weighted by molar-refractivity contribution is 5.80. The zero-order valence-corrected chi connectivity index (χ0v) is 16.5. The summed E-state index contributed by atoms with van der Waals surface area (Å²) in [6.45, 7) is 12.2. The van der Waals surface area contributed by atoms with E-state index < -0.39 is 0 Å². The largest absolute Gasteiger partial charge is 0.370 e. The van der Waals surface area contributed by atoms with Gasteiger partial charge in [0.15, 0.2) is 5.96 Å². The number of aryl methyl sites for hydroxylation is 1. The van der Waals surface area contributed by atoms with Crippen LogP contribution in [0.5, 0.6) is 0 Å². The molecule has 0 aromatic carbocycles. The third kappa shape index (κ3) is 4.98. The monoisotopic (exact) mass is 362 g/mol. The maximum absolute atomic E-state index is 5.97. The molecule has 7 nitrogen and oxygen atoms in total. The Bertz CT molecular complexity index is 586. The van der Waals surface area contributed by atoms with E-state index in [0.29, 0.717) is 5.92 Å². The fourth-order valence-electron chi connectivity index (χ4n) is 3.88. The van der Waals surface area contributed by atoms with Gasteiger partial charge in [-0.2, -0.15) is 5.10 Å². The maximum atomic E-state index is 5.97. The number of aromatic nitrogens is 2. The van der Waals surface area contributed by atoms with Crippen molar-refractivity contribution >= 4 is 5.96 Å². The van der Waals surface area contributed by atoms with Gasteiger partial charge < -0.3 is 19.9 Å². The Hall–Kier alpha value is -1.60. The highest BCUT2D eigenvalue weighted by atomic mass is 16.5. The number of rotatable bonds is 5. The molecule has 1 aromatic rings. The minimum absolute atomic E-state index is 0.0616. The van der Waals surface area contributed by atoms with E-state index in [4.69, 9.17) is 9.73 Å². The maximum Gasteiger partial charge on any atom is 0.194 e. The number of aliphatic imine (C=N–C) groups is 1. The molecule has 0 aliphatic carbocycles. The number of nitrogens with zero attached hydrogens (tertiary/aromatic N) is 5. The highest BCUT2D eigenvalue weighted by Crippen LogP contribution is 2.22. The summed E-state index contributed by atoms with van der Waals surface area (Å²) < 4.78 is 7.81. The number of hydrogen-bond donors (Lipinski definition) is 1. The zero-order chi connectivity index (χ0) is 18.4. The van der Waals surface area contributed by atoms with Gasteiger partial charge in [0.1, 0.15) is 6.10 Å². The smallest absolute Gasteiger partial charge is 0.194 e. The average Bonchev–Trinajstić information content (AvgIpc) is 3.12. The molecule has 2 aliphatic rings. The van der Waals surface area contributed by atoms with E-state index in [1.54, 1.807) is 0 Å². The molecule has 7 heteroatoms. The molecule has 2 atom stereocenters. The van der Waals surface area contributed by atoms with Gasteiger partial charge in [0.25, 0.3) is 0 Å². The van der Waals surface area contributed by atoms with Gasteiger partial charge in [-0.05, 0) is 38.8 Å². The molecule has 2 aliphatic heterocycles. The van der Waals surface area contributed by atoms with Crippen molar-refractivity contribution in [3.63, 3.8) is 0 Å². The summed E-state index contributed by atoms with van der Waals surface area (Å²) >= 11 is 0. The third-order valence-corrected chi connectivity index (χ3v) is 5.35. The second kappa shape index (κ2) is 9.37. The molecule has 3 heterocycles. The number of nitrogens with one attached hydrogen (secondary N) is 1. The Morgan fingerprint density at radius 1 is 1.35 bits per heavy atom. The first-order valence-corrected chi connectivity index (χ1v) is 10.0. The first kappa shape index (κ1) is 19.2. The van der Waals surface area contributed by atoms with Crippen LogP contribution >= 0.6 is 0 Å². The SMILES string of the molecule is CCNC(=NCC1CCCN(CC)C1)N1CCOC(c2cnn(C)c2)C1. The van der Waals surface area contributed by atoms with E-state index in [0.717, 1.165) is 50.9 Å². The van der Waals surface area contributed by atoms with Crippen molar-refractivity contribution in [1.29, 1.82) is 0 Å². The second-order valence-corrected chi connectivity index (χ2v) is 7.35. The standard InChI is InChI=1S/C19H34N6O/c1-4-20-19(21-11-16-7-6-8-24(5-2)13-16)25-9-10-26-18(15-25)17-12-22-23(3)14-17/h12,14,16,18H,4-11,13,15H2,1-3H3,(H,20,21). The Kier molecular flexibility index (Phi) is 6.91. The van der Waals surface area contributed by atoms with Gasteiger partial charge in [-0.3, -0.25) is 9.67 Å². The number of ether oxygens (including phenoxy) is 1. The van der Waals surface area contributed by atoms with E-state index in [1.165, 1.54) is 25.9 Å². The number of hydrogen-bond acceptors (Lipinski definition) is 4. The van der Waals surface area contributed by atoms with Crippen LogP contribution in [0.3, 0.4) is 0 Å². The number of guanidine groups is 1. The molecule has 0 spiro atoms. The zero-order valence-electron chi connectivity index (χ0n) is 16.5. The molecule has 2 unspecified atom stereocenters. The van der Waals surface area contributed by atoms with Crippen LogP contribution in [0.1, 0.15) is 38.4 Å². The summed E-state index contributed by atoms with van der Waals surface area (Å²) in [4.78, 5) is 9.88. The van der Waals surface area contributed by atoms with Crippen LogP contribution in [-0.4, -0.2) is 78.0 Å². The Morgan fingerprint density at radius 2 is 2.23 bits per heavy atom. The van der Waals surface area contributed by atoms with Crippen LogP contribution < -0.4 is 5.32 Å². The topological polar surface area (TPSA) is 57.9 Å². The van der Waals surface area contributed by atoms with Gasteiger partial charge in [0, 0.05) is 45.0 Å². The van der Waals surface area contributed by atoms with E-state index >= 15 is 0 Å². The summed E-state index contributed by atoms with van der Waals surface area (Å²) in [6.07, 6.45) is 6.59. The van der Waals surface area contributed by atoms with Gasteiger partial charge in [-0.25, -0.2) is 0 Å². The lowest BCUT2D eigenvalue weighted by atomic mass is 9.98. The third-order valence-electron chi connectivity index (χ3n) is 5.35. The molecular formula is C19H34N6O. The van der Waals surface area contributed by atoms with Gasteiger partial charge in [0.2, 0.25) is 0 Å². The summed E-state index contributed by atoms with van der Waals surface area (Å²) in [5, 5.41) is 7.76. The molecule has 1 N–H and O–H groups in total. The van der Waals surface area contributed by atoms with Crippen LogP contribution in [0.25, 0.3) is 0 Å². The molecule has 3 rings (SSSR count). The van der Waals surface area contributed by atoms with Crippen molar-refractivity contribution in [1.82, 2.24) is 24.9 Å². The van der Waals surface area contributed by atoms with E-state index in [-0.39, 0.29) is 6.10 Å². The van der Waals surface area contributed by atoms with Gasteiger partial charge >= 0.3 is 0 Å². The Morgan fingerprint density at radius 3 is 2.96 bits per heavy atom. The molecule has 0 bridgehead atoms. The fraction of sp³-hybridized carbons (Fsp3) is 0.789. The van der Waals surface area contributed by atoms with Crippen LogP contribution in [0.15, 0.2) is 17.4 Å². The molecule has 0 saturated carbocycles. The lowest BCUT2D eigenvalue weighted by molar-refractivity contribution is -0.00808. The van der Waals surface area contributed by atoms with Crippen LogP contribution in [0.2, 0.25) is 0 Å². The molecule has 2 saturated heterocycles. The fourth-order valence-corrected chi connectivity index (χ4v) is 3.88. The van der Waals surface area contributed by atoms with Crippen molar-refractivity contribution in [3.8, 4) is 0 Å². The molecule has 0 radical (unpaired) electrons. The van der Waals surface area contributed by atoms with Gasteiger partial charge in [-0.1, -0.05) is 6.92 Å². The number of morpholine rings is 1. The summed E-state index contributed by atoms with van der Waals surface area (Å²) in [5.41, 5.74) is 1.14. The number of piperidine rings is 1.